The maximum absolute atomic E-state index is 11.6. The van der Waals surface area contributed by atoms with Crippen LogP contribution < -0.4 is 5.32 Å². The molecule has 0 bridgehead atoms. The highest BCUT2D eigenvalue weighted by atomic mass is 35.5. The monoisotopic (exact) mass is 337 g/mol. The van der Waals surface area contributed by atoms with Crippen molar-refractivity contribution >= 4 is 29.0 Å². The van der Waals surface area contributed by atoms with Crippen molar-refractivity contribution < 1.29 is 9.53 Å². The predicted molar refractivity (Wildman–Crippen MR) is 91.7 cm³/mol. The molecule has 2 aromatic rings. The van der Waals surface area contributed by atoms with Gasteiger partial charge in [0.1, 0.15) is 5.60 Å². The number of ether oxygens (including phenoxy) is 1. The summed E-state index contributed by atoms with van der Waals surface area (Å²) in [5.74, 6) is 0. The summed E-state index contributed by atoms with van der Waals surface area (Å²) in [6.07, 6.45) is 0.408. The molecule has 1 heterocycles. The lowest BCUT2D eigenvalue weighted by atomic mass is 10.1. The third-order valence-corrected chi connectivity index (χ3v) is 4.30. The molecule has 0 aliphatic heterocycles. The molecule has 0 spiro atoms. The van der Waals surface area contributed by atoms with E-state index in [0.29, 0.717) is 6.54 Å². The molecule has 0 unspecified atom stereocenters. The maximum Gasteiger partial charge on any atom is 0.407 e. The van der Waals surface area contributed by atoms with E-state index in [1.165, 1.54) is 4.88 Å². The van der Waals surface area contributed by atoms with Gasteiger partial charge in [-0.15, -0.1) is 11.3 Å². The topological polar surface area (TPSA) is 38.3 Å². The second kappa shape index (κ2) is 7.16. The minimum Gasteiger partial charge on any atom is -0.444 e. The van der Waals surface area contributed by atoms with Crippen molar-refractivity contribution in [1.82, 2.24) is 5.32 Å². The van der Waals surface area contributed by atoms with Crippen LogP contribution in [0.1, 0.15) is 36.1 Å². The standard InChI is InChI=1S/C17H20ClNO2S/c1-17(2,3)21-16(20)19-11-14-9-8-13(22-14)10-12-6-4-5-7-15(12)18/h4-9H,10-11H2,1-3H3,(H,19,20). The summed E-state index contributed by atoms with van der Waals surface area (Å²) in [6.45, 7) is 6.01. The van der Waals surface area contributed by atoms with Crippen molar-refractivity contribution in [1.29, 1.82) is 0 Å². The van der Waals surface area contributed by atoms with Crippen molar-refractivity contribution in [3.63, 3.8) is 0 Å². The van der Waals surface area contributed by atoms with Crippen LogP contribution >= 0.6 is 22.9 Å². The van der Waals surface area contributed by atoms with Gasteiger partial charge in [-0.1, -0.05) is 29.8 Å². The summed E-state index contributed by atoms with van der Waals surface area (Å²) >= 11 is 7.84. The fourth-order valence-corrected chi connectivity index (χ4v) is 3.10. The Kier molecular flexibility index (Phi) is 5.48. The first-order chi connectivity index (χ1) is 10.3. The number of amides is 1. The third-order valence-electron chi connectivity index (χ3n) is 2.85. The molecule has 1 aromatic heterocycles. The van der Waals surface area contributed by atoms with Crippen LogP contribution in [0.2, 0.25) is 5.02 Å². The number of nitrogens with one attached hydrogen (secondary N) is 1. The van der Waals surface area contributed by atoms with Crippen molar-refractivity contribution in [2.24, 2.45) is 0 Å². The lowest BCUT2D eigenvalue weighted by Gasteiger charge is -2.19. The van der Waals surface area contributed by atoms with Crippen LogP contribution in [0.4, 0.5) is 4.79 Å². The highest BCUT2D eigenvalue weighted by Gasteiger charge is 2.15. The molecule has 0 aliphatic carbocycles. The van der Waals surface area contributed by atoms with Crippen LogP contribution in [0.3, 0.4) is 0 Å². The van der Waals surface area contributed by atoms with E-state index in [0.717, 1.165) is 21.9 Å². The number of carbonyl (C=O) groups is 1. The van der Waals surface area contributed by atoms with Gasteiger partial charge in [0.05, 0.1) is 6.54 Å². The Hall–Kier alpha value is -1.52. The SMILES string of the molecule is CC(C)(C)OC(=O)NCc1ccc(Cc2ccccc2Cl)s1. The van der Waals surface area contributed by atoms with Gasteiger partial charge in [-0.3, -0.25) is 0 Å². The molecule has 2 rings (SSSR count). The van der Waals surface area contributed by atoms with Crippen LogP contribution in [-0.4, -0.2) is 11.7 Å². The number of benzene rings is 1. The molecule has 0 atom stereocenters. The lowest BCUT2D eigenvalue weighted by molar-refractivity contribution is 0.0524. The highest BCUT2D eigenvalue weighted by molar-refractivity contribution is 7.12. The maximum atomic E-state index is 11.6. The van der Waals surface area contributed by atoms with E-state index < -0.39 is 11.7 Å². The Bertz CT molecular complexity index is 646. The number of halogens is 1. The molecule has 118 valence electrons. The molecule has 3 nitrogen and oxygen atoms in total. The normalized spacial score (nSPS) is 11.3. The highest BCUT2D eigenvalue weighted by Crippen LogP contribution is 2.24. The first-order valence-corrected chi connectivity index (χ1v) is 8.31. The summed E-state index contributed by atoms with van der Waals surface area (Å²) in [7, 11) is 0. The largest absolute Gasteiger partial charge is 0.444 e. The summed E-state index contributed by atoms with van der Waals surface area (Å²) in [5.41, 5.74) is 0.632. The molecule has 1 aromatic carbocycles. The van der Waals surface area contributed by atoms with Gasteiger partial charge in [0, 0.05) is 21.2 Å². The van der Waals surface area contributed by atoms with E-state index >= 15 is 0 Å². The number of hydrogen-bond acceptors (Lipinski definition) is 3. The van der Waals surface area contributed by atoms with Crippen LogP contribution in [0.25, 0.3) is 0 Å². The molecule has 1 N–H and O–H groups in total. The summed E-state index contributed by atoms with van der Waals surface area (Å²) < 4.78 is 5.21. The molecule has 0 radical (unpaired) electrons. The first kappa shape index (κ1) is 16.8. The van der Waals surface area contributed by atoms with E-state index in [1.807, 2.05) is 51.1 Å². The number of carbonyl (C=O) groups excluding carboxylic acids is 1. The fraction of sp³-hybridized carbons (Fsp3) is 0.353. The van der Waals surface area contributed by atoms with Gasteiger partial charge in [-0.25, -0.2) is 4.79 Å². The van der Waals surface area contributed by atoms with Crippen LogP contribution in [0.5, 0.6) is 0 Å². The molecule has 5 heteroatoms. The second-order valence-electron chi connectivity index (χ2n) is 5.99. The van der Waals surface area contributed by atoms with Gasteiger partial charge in [0.15, 0.2) is 0 Å². The zero-order valence-corrected chi connectivity index (χ0v) is 14.6. The smallest absolute Gasteiger partial charge is 0.407 e. The van der Waals surface area contributed by atoms with E-state index in [4.69, 9.17) is 16.3 Å². The molecule has 22 heavy (non-hydrogen) atoms. The van der Waals surface area contributed by atoms with E-state index in [-0.39, 0.29) is 0 Å². The second-order valence-corrected chi connectivity index (χ2v) is 7.65. The Labute approximate surface area is 140 Å². The van der Waals surface area contributed by atoms with Crippen LogP contribution in [-0.2, 0) is 17.7 Å². The number of hydrogen-bond donors (Lipinski definition) is 1. The van der Waals surface area contributed by atoms with Crippen molar-refractivity contribution in [3.05, 3.63) is 56.7 Å². The predicted octanol–water partition coefficient (Wildman–Crippen LogP) is 5.02. The van der Waals surface area contributed by atoms with E-state index in [1.54, 1.807) is 11.3 Å². The van der Waals surface area contributed by atoms with Crippen molar-refractivity contribution in [2.75, 3.05) is 0 Å². The first-order valence-electron chi connectivity index (χ1n) is 7.11. The summed E-state index contributed by atoms with van der Waals surface area (Å²) in [5, 5.41) is 3.55. The van der Waals surface area contributed by atoms with Gasteiger partial charge in [0.2, 0.25) is 0 Å². The van der Waals surface area contributed by atoms with Crippen LogP contribution in [0, 0.1) is 0 Å². The number of thiophene rings is 1. The summed E-state index contributed by atoms with van der Waals surface area (Å²) in [6, 6.07) is 11.9. The van der Waals surface area contributed by atoms with Crippen LogP contribution in [0.15, 0.2) is 36.4 Å². The molecule has 0 aliphatic rings. The molecule has 0 saturated heterocycles. The Morgan fingerprint density at radius 3 is 2.55 bits per heavy atom. The number of rotatable bonds is 4. The quantitative estimate of drug-likeness (QED) is 0.851. The van der Waals surface area contributed by atoms with Gasteiger partial charge in [-0.2, -0.15) is 0 Å². The minimum atomic E-state index is -0.477. The molecular formula is C17H20ClNO2S. The fourth-order valence-electron chi connectivity index (χ4n) is 1.92. The Balaban J connectivity index is 1.89. The van der Waals surface area contributed by atoms with Gasteiger partial charge in [0.25, 0.3) is 0 Å². The third kappa shape index (κ3) is 5.35. The lowest BCUT2D eigenvalue weighted by Crippen LogP contribution is -2.31. The van der Waals surface area contributed by atoms with E-state index in [9.17, 15) is 4.79 Å². The molecule has 0 saturated carbocycles. The zero-order chi connectivity index (χ0) is 16.2. The van der Waals surface area contributed by atoms with Gasteiger partial charge in [-0.05, 0) is 44.5 Å². The molecule has 1 amide bonds. The number of alkyl carbamates (subject to hydrolysis) is 1. The summed E-state index contributed by atoms with van der Waals surface area (Å²) in [4.78, 5) is 13.9. The van der Waals surface area contributed by atoms with Crippen molar-refractivity contribution in [3.8, 4) is 0 Å². The minimum absolute atomic E-state index is 0.395. The van der Waals surface area contributed by atoms with Gasteiger partial charge >= 0.3 is 6.09 Å². The molecule has 0 fully saturated rings. The average molecular weight is 338 g/mol. The zero-order valence-electron chi connectivity index (χ0n) is 13.0. The van der Waals surface area contributed by atoms with Crippen molar-refractivity contribution in [2.45, 2.75) is 39.3 Å². The van der Waals surface area contributed by atoms with E-state index in [2.05, 4.69) is 11.4 Å². The molecular weight excluding hydrogens is 318 g/mol. The Morgan fingerprint density at radius 2 is 1.86 bits per heavy atom. The average Bonchev–Trinajstić information content (AvgIpc) is 2.85. The Morgan fingerprint density at radius 1 is 1.18 bits per heavy atom. The van der Waals surface area contributed by atoms with Gasteiger partial charge < -0.3 is 10.1 Å².